The Kier molecular flexibility index (Phi) is 5.15. The summed E-state index contributed by atoms with van der Waals surface area (Å²) in [6.07, 6.45) is 1.51. The number of carbonyl (C=O) groups excluding carboxylic acids is 3. The van der Waals surface area contributed by atoms with Crippen molar-refractivity contribution in [2.24, 2.45) is 5.73 Å². The average molecular weight is 330 g/mol. The maximum absolute atomic E-state index is 12.0. The smallest absolute Gasteiger partial charge is 0.340 e. The topological polar surface area (TPSA) is 101 Å². The van der Waals surface area contributed by atoms with Gasteiger partial charge in [-0.25, -0.2) is 9.59 Å². The highest BCUT2D eigenvalue weighted by atomic mass is 16.5. The predicted molar refractivity (Wildman–Crippen MR) is 86.6 cm³/mol. The molecule has 7 heteroatoms. The van der Waals surface area contributed by atoms with Gasteiger partial charge in [0.1, 0.15) is 0 Å². The Bertz CT molecular complexity index is 790. The van der Waals surface area contributed by atoms with E-state index in [2.05, 4.69) is 0 Å². The van der Waals surface area contributed by atoms with E-state index < -0.39 is 11.9 Å². The number of rotatable bonds is 5. The highest BCUT2D eigenvalue weighted by Crippen LogP contribution is 2.23. The molecule has 0 unspecified atom stereocenters. The van der Waals surface area contributed by atoms with Gasteiger partial charge in [-0.2, -0.15) is 0 Å². The number of methoxy groups -OCH3 is 2. The molecule has 7 nitrogen and oxygen atoms in total. The van der Waals surface area contributed by atoms with Crippen LogP contribution in [-0.2, 0) is 9.47 Å². The van der Waals surface area contributed by atoms with Gasteiger partial charge in [0, 0.05) is 23.1 Å². The first-order valence-electron chi connectivity index (χ1n) is 7.16. The Morgan fingerprint density at radius 1 is 1.04 bits per heavy atom. The third-order valence-corrected chi connectivity index (χ3v) is 3.70. The van der Waals surface area contributed by atoms with Gasteiger partial charge in [0.15, 0.2) is 5.78 Å². The number of nitrogens with zero attached hydrogens (tertiary/aromatic N) is 1. The number of hydrogen-bond donors (Lipinski definition) is 1. The van der Waals surface area contributed by atoms with Crippen LogP contribution in [0.5, 0.6) is 0 Å². The van der Waals surface area contributed by atoms with Gasteiger partial charge in [-0.05, 0) is 31.2 Å². The van der Waals surface area contributed by atoms with Crippen LogP contribution in [-0.4, -0.2) is 43.1 Å². The number of ketones is 1. The second-order valence-electron chi connectivity index (χ2n) is 5.03. The van der Waals surface area contributed by atoms with Gasteiger partial charge < -0.3 is 19.8 Å². The molecule has 0 atom stereocenters. The minimum Gasteiger partial charge on any atom is -0.465 e. The van der Waals surface area contributed by atoms with Crippen molar-refractivity contribution in [2.45, 2.75) is 6.92 Å². The van der Waals surface area contributed by atoms with E-state index in [9.17, 15) is 14.4 Å². The molecule has 1 heterocycles. The second-order valence-corrected chi connectivity index (χ2v) is 5.03. The molecule has 1 aromatic heterocycles. The van der Waals surface area contributed by atoms with Crippen LogP contribution < -0.4 is 5.73 Å². The fourth-order valence-electron chi connectivity index (χ4n) is 2.42. The van der Waals surface area contributed by atoms with Crippen LogP contribution in [0.25, 0.3) is 5.69 Å². The minimum atomic E-state index is -0.632. The number of carbonyl (C=O) groups is 3. The molecule has 1 aromatic carbocycles. The number of benzene rings is 1. The SMILES string of the molecule is COC(=O)c1cn(-c2ccc(C(=O)CN)cc2)c(C)c1C(=O)OC. The number of hydrogen-bond acceptors (Lipinski definition) is 6. The summed E-state index contributed by atoms with van der Waals surface area (Å²) in [6, 6.07) is 6.69. The molecule has 0 aliphatic heterocycles. The first kappa shape index (κ1) is 17.4. The Labute approximate surface area is 139 Å². The van der Waals surface area contributed by atoms with E-state index >= 15 is 0 Å². The van der Waals surface area contributed by atoms with Crippen molar-refractivity contribution in [1.82, 2.24) is 4.57 Å². The molecule has 0 spiro atoms. The number of aromatic nitrogens is 1. The normalized spacial score (nSPS) is 10.3. The Balaban J connectivity index is 2.55. The highest BCUT2D eigenvalue weighted by molar-refractivity contribution is 6.04. The maximum Gasteiger partial charge on any atom is 0.340 e. The van der Waals surface area contributed by atoms with E-state index in [0.29, 0.717) is 16.9 Å². The predicted octanol–water partition coefficient (Wildman–Crippen LogP) is 1.50. The molecule has 0 aliphatic carbocycles. The molecule has 24 heavy (non-hydrogen) atoms. The maximum atomic E-state index is 12.0. The van der Waals surface area contributed by atoms with Gasteiger partial charge in [0.05, 0.1) is 31.9 Å². The minimum absolute atomic E-state index is 0.0686. The summed E-state index contributed by atoms with van der Waals surface area (Å²) < 4.78 is 11.1. The summed E-state index contributed by atoms with van der Waals surface area (Å²) in [4.78, 5) is 35.5. The van der Waals surface area contributed by atoms with Crippen molar-refractivity contribution in [3.8, 4) is 5.69 Å². The molecule has 0 amide bonds. The largest absolute Gasteiger partial charge is 0.465 e. The first-order chi connectivity index (χ1) is 11.4. The lowest BCUT2D eigenvalue weighted by atomic mass is 10.1. The average Bonchev–Trinajstić information content (AvgIpc) is 2.97. The van der Waals surface area contributed by atoms with E-state index in [0.717, 1.165) is 0 Å². The highest BCUT2D eigenvalue weighted by Gasteiger charge is 2.25. The van der Waals surface area contributed by atoms with E-state index in [1.54, 1.807) is 35.8 Å². The molecule has 0 saturated heterocycles. The summed E-state index contributed by atoms with van der Waals surface area (Å²) in [5, 5.41) is 0. The summed E-state index contributed by atoms with van der Waals surface area (Å²) in [6.45, 7) is 1.62. The number of ether oxygens (including phenoxy) is 2. The van der Waals surface area contributed by atoms with E-state index in [4.69, 9.17) is 15.2 Å². The Morgan fingerprint density at radius 3 is 2.12 bits per heavy atom. The quantitative estimate of drug-likeness (QED) is 0.658. The number of esters is 2. The van der Waals surface area contributed by atoms with Crippen molar-refractivity contribution < 1.29 is 23.9 Å². The van der Waals surface area contributed by atoms with Crippen molar-refractivity contribution in [3.63, 3.8) is 0 Å². The molecule has 2 N–H and O–H groups in total. The van der Waals surface area contributed by atoms with E-state index in [1.807, 2.05) is 0 Å². The molecule has 0 fully saturated rings. The van der Waals surface area contributed by atoms with Crippen molar-refractivity contribution >= 4 is 17.7 Å². The zero-order valence-electron chi connectivity index (χ0n) is 13.7. The van der Waals surface area contributed by atoms with Crippen LogP contribution in [0.3, 0.4) is 0 Å². The van der Waals surface area contributed by atoms with E-state index in [-0.39, 0.29) is 23.5 Å². The molecular weight excluding hydrogens is 312 g/mol. The van der Waals surface area contributed by atoms with Crippen molar-refractivity contribution in [1.29, 1.82) is 0 Å². The molecule has 2 rings (SSSR count). The lowest BCUT2D eigenvalue weighted by Gasteiger charge is -2.08. The van der Waals surface area contributed by atoms with Gasteiger partial charge in [0.25, 0.3) is 0 Å². The van der Waals surface area contributed by atoms with Gasteiger partial charge in [-0.15, -0.1) is 0 Å². The Hall–Kier alpha value is -2.93. The van der Waals surface area contributed by atoms with Crippen LogP contribution in [0.15, 0.2) is 30.5 Å². The van der Waals surface area contributed by atoms with Crippen molar-refractivity contribution in [3.05, 3.63) is 52.8 Å². The van der Waals surface area contributed by atoms with Crippen LogP contribution in [0.1, 0.15) is 36.8 Å². The zero-order valence-corrected chi connectivity index (χ0v) is 13.7. The Morgan fingerprint density at radius 2 is 1.62 bits per heavy atom. The number of nitrogens with two attached hydrogens (primary N) is 1. The summed E-state index contributed by atoms with van der Waals surface area (Å²) in [5.74, 6) is -1.43. The fraction of sp³-hybridized carbons (Fsp3) is 0.235. The lowest BCUT2D eigenvalue weighted by Crippen LogP contribution is -2.13. The lowest BCUT2D eigenvalue weighted by molar-refractivity contribution is 0.0556. The van der Waals surface area contributed by atoms with Gasteiger partial charge >= 0.3 is 11.9 Å². The molecular formula is C17H18N2O5. The number of Topliss-reactive ketones (excluding diaryl/α,β-unsaturated/α-hetero) is 1. The van der Waals surface area contributed by atoms with Crippen LogP contribution in [0, 0.1) is 6.92 Å². The van der Waals surface area contributed by atoms with Gasteiger partial charge in [-0.1, -0.05) is 0 Å². The standard InChI is InChI=1S/C17H18N2O5/c1-10-15(17(22)24-3)13(16(21)23-2)9-19(10)12-6-4-11(5-7-12)14(20)8-18/h4-7,9H,8,18H2,1-3H3. The fourth-order valence-corrected chi connectivity index (χ4v) is 2.42. The molecule has 0 saturated carbocycles. The third kappa shape index (κ3) is 3.07. The van der Waals surface area contributed by atoms with Crippen molar-refractivity contribution in [2.75, 3.05) is 20.8 Å². The molecule has 126 valence electrons. The molecule has 0 bridgehead atoms. The third-order valence-electron chi connectivity index (χ3n) is 3.70. The van der Waals surface area contributed by atoms with E-state index in [1.165, 1.54) is 20.4 Å². The zero-order chi connectivity index (χ0) is 17.9. The summed E-state index contributed by atoms with van der Waals surface area (Å²) in [7, 11) is 2.48. The summed E-state index contributed by atoms with van der Waals surface area (Å²) >= 11 is 0. The van der Waals surface area contributed by atoms with Crippen LogP contribution >= 0.6 is 0 Å². The van der Waals surface area contributed by atoms with Gasteiger partial charge in [0.2, 0.25) is 0 Å². The molecule has 2 aromatic rings. The van der Waals surface area contributed by atoms with Crippen LogP contribution in [0.4, 0.5) is 0 Å². The van der Waals surface area contributed by atoms with Crippen LogP contribution in [0.2, 0.25) is 0 Å². The molecule has 0 radical (unpaired) electrons. The summed E-state index contributed by atoms with van der Waals surface area (Å²) in [5.41, 5.74) is 7.30. The molecule has 0 aliphatic rings. The second kappa shape index (κ2) is 7.10. The monoisotopic (exact) mass is 330 g/mol. The van der Waals surface area contributed by atoms with Gasteiger partial charge in [-0.3, -0.25) is 4.79 Å². The first-order valence-corrected chi connectivity index (χ1v) is 7.16.